The van der Waals surface area contributed by atoms with Crippen LogP contribution in [-0.4, -0.2) is 255 Å². The van der Waals surface area contributed by atoms with Crippen molar-refractivity contribution < 1.29 is 96.4 Å². The molecule has 19 atom stereocenters. The van der Waals surface area contributed by atoms with Gasteiger partial charge in [-0.3, -0.25) is 71.9 Å². The lowest BCUT2D eigenvalue weighted by Crippen LogP contribution is -2.73. The third kappa shape index (κ3) is 24.7. The number of aliphatic carboxylic acids is 1. The fraction of sp³-hybridized carbons (Fsp3) is 0.610. The van der Waals surface area contributed by atoms with Crippen LogP contribution in [-0.2, 0) is 99.0 Å². The van der Waals surface area contributed by atoms with E-state index in [1.54, 1.807) is 88.4 Å². The van der Waals surface area contributed by atoms with E-state index < -0.39 is 228 Å². The predicted molar refractivity (Wildman–Crippen MR) is 417 cm³/mol. The van der Waals surface area contributed by atoms with Crippen molar-refractivity contribution in [3.05, 3.63) is 84.1 Å². The predicted octanol–water partition coefficient (Wildman–Crippen LogP) is -0.0722. The van der Waals surface area contributed by atoms with Crippen molar-refractivity contribution in [1.29, 1.82) is 0 Å². The van der Waals surface area contributed by atoms with Gasteiger partial charge in [0.15, 0.2) is 6.04 Å². The quantitative estimate of drug-likeness (QED) is 0.0497. The summed E-state index contributed by atoms with van der Waals surface area (Å²) in [4.78, 5) is 239. The van der Waals surface area contributed by atoms with Crippen LogP contribution in [0.25, 0.3) is 0 Å². The summed E-state index contributed by atoms with van der Waals surface area (Å²) in [7, 11) is 4.20. The van der Waals surface area contributed by atoms with Gasteiger partial charge in [-0.05, 0) is 89.2 Å². The molecular weight excluding hydrogens is 1510 g/mol. The molecule has 36 heteroatoms. The first-order valence-corrected chi connectivity index (χ1v) is 40.8. The first-order valence-electron chi connectivity index (χ1n) is 38.3. The van der Waals surface area contributed by atoms with Crippen LogP contribution < -0.4 is 58.5 Å². The van der Waals surface area contributed by atoms with Gasteiger partial charge in [0.05, 0.1) is 30.9 Å². The topological polar surface area (TPSA) is 474 Å². The van der Waals surface area contributed by atoms with Gasteiger partial charge in [0.25, 0.3) is 5.91 Å². The first kappa shape index (κ1) is 92.2. The molecule has 34 nitrogen and oxygen atoms in total. The minimum atomic E-state index is -2.19. The van der Waals surface area contributed by atoms with Crippen LogP contribution in [0.15, 0.2) is 72.9 Å². The number of methoxy groups -OCH3 is 1. The Morgan fingerprint density at radius 2 is 1.21 bits per heavy atom. The first-order chi connectivity index (χ1) is 53.4. The molecule has 13 N–H and O–H groups in total. The molecule has 4 fully saturated rings. The van der Waals surface area contributed by atoms with Crippen LogP contribution in [0.1, 0.15) is 145 Å². The lowest BCUT2D eigenvalue weighted by molar-refractivity contribution is -0.163. The molecule has 0 aromatic heterocycles. The second kappa shape index (κ2) is 43.0. The number of ether oxygens (including phenoxy) is 2. The number of carboxylic acid groups (broad SMARTS) is 1. The molecule has 4 aliphatic rings. The lowest BCUT2D eigenvalue weighted by atomic mass is 9.88. The fourth-order valence-corrected chi connectivity index (χ4v) is 15.7. The molecule has 4 saturated heterocycles. The standard InChI is InChI=1S/C77H112N14O20S2/c1-15-40(4)33-50-65(98)88-62-46(10)111-75(108)53(37-92)85-76(109)77(12,47(11)110-14)89(13)74(107)61-45(9)91(57(69(102)87-61)34-41(5)16-2)72(105)44(8)79-70(103)60(42(6)17-3)86-67(100)55(84-68(101)56-29-24-32-90(56)73(106)52(83-71(62)104)36-49-27-22-19-23-28-49)39-113-112-38-54(80-58(93)30-31-59(94)95)66(99)82-51(35-48-25-20-18-21-26-48)64(97)78-43(7)63(96)81-50/h18-23,25-28,40-43,45-47,50-57,60-62,92H,8,15-17,24,29-39H2,1-7,9-14H3,(H,78,97)(H,79,103)(H,80,93)(H,81,96)(H,82,99)(H,83,104)(H,84,101)(H,85,109)(H,86,100)(H,87,102)(H,88,98)(H,94,95)/t40-,41+,42-,43+,45?,46+,47+,50?,51+,52+,53-,54-,55-,56-,57-,60?,61+,62+,77-/m0/s1. The molecule has 14 amide bonds. The molecule has 0 aliphatic carbocycles. The number of rotatable bonds is 19. The van der Waals surface area contributed by atoms with E-state index in [1.807, 2.05) is 13.8 Å². The summed E-state index contributed by atoms with van der Waals surface area (Å²) in [5.41, 5.74) is -1.80. The second-order valence-corrected chi connectivity index (χ2v) is 32.2. The van der Waals surface area contributed by atoms with E-state index in [-0.39, 0.29) is 69.1 Å². The van der Waals surface area contributed by atoms with E-state index in [0.29, 0.717) is 24.0 Å². The van der Waals surface area contributed by atoms with Gasteiger partial charge < -0.3 is 92.9 Å². The molecule has 2 aromatic rings. The molecular formula is C77H112N14O20S2. The van der Waals surface area contributed by atoms with Crippen LogP contribution in [0, 0.1) is 17.8 Å². The molecule has 3 unspecified atom stereocenters. The molecule has 622 valence electrons. The van der Waals surface area contributed by atoms with E-state index in [0.717, 1.165) is 31.4 Å². The molecule has 4 heterocycles. The van der Waals surface area contributed by atoms with Gasteiger partial charge in [0.2, 0.25) is 76.8 Å². The fourth-order valence-electron chi connectivity index (χ4n) is 13.4. The van der Waals surface area contributed by atoms with E-state index in [1.165, 1.54) is 53.7 Å². The highest BCUT2D eigenvalue weighted by atomic mass is 33.1. The largest absolute Gasteiger partial charge is 0.481 e. The van der Waals surface area contributed by atoms with Crippen LogP contribution >= 0.6 is 21.6 Å². The van der Waals surface area contributed by atoms with E-state index in [9.17, 15) is 48.6 Å². The number of amides is 14. The number of aliphatic hydroxyl groups is 1. The van der Waals surface area contributed by atoms with Crippen LogP contribution in [0.5, 0.6) is 0 Å². The molecule has 0 radical (unpaired) electrons. The third-order valence-corrected chi connectivity index (χ3v) is 24.0. The maximum atomic E-state index is 15.6. The molecule has 0 saturated carbocycles. The van der Waals surface area contributed by atoms with Crippen molar-refractivity contribution >= 4 is 116 Å². The Morgan fingerprint density at radius 1 is 0.637 bits per heavy atom. The van der Waals surface area contributed by atoms with Gasteiger partial charge in [-0.2, -0.15) is 0 Å². The van der Waals surface area contributed by atoms with Crippen molar-refractivity contribution in [2.45, 2.75) is 243 Å². The SMILES string of the molecule is C=C1NC(=O)C([C@@H](C)CC)NC(=O)[C@@H]2CSSC[C@H](NC(=O)CCC(=O)O)C(=O)N[C@H](Cc3ccccc3)C(=O)N[C@H](C)C(=O)NC(C[C@@H](C)CC)C(=O)N[C@@H](C(=O)N[C@H](Cc3ccccc3)C(=O)N3CCC[C@H]3C(=O)N2)[C@@H](C)OC(=O)[C@H](CO)NC(=O)[C@](C)([C@@H](C)OC)N(C)C(=O)[C@@H]2NC(=O)[C@H](C[C@H](C)CC)N(C1=O)C2C. The number of likely N-dealkylation sites (N-methyl/N-ethyl adjacent to an activating group) is 1. The number of cyclic esters (lactones) is 1. The van der Waals surface area contributed by atoms with Crippen LogP contribution in [0.2, 0.25) is 0 Å². The smallest absolute Gasteiger partial charge is 0.331 e. The maximum absolute atomic E-state index is 15.6. The highest BCUT2D eigenvalue weighted by molar-refractivity contribution is 8.76. The summed E-state index contributed by atoms with van der Waals surface area (Å²) >= 11 is 0. The highest BCUT2D eigenvalue weighted by Gasteiger charge is 2.53. The number of benzene rings is 2. The molecule has 0 spiro atoms. The van der Waals surface area contributed by atoms with Gasteiger partial charge in [-0.15, -0.1) is 0 Å². The van der Waals surface area contributed by atoms with Gasteiger partial charge in [0, 0.05) is 51.5 Å². The Labute approximate surface area is 666 Å². The molecule has 6 rings (SSSR count). The summed E-state index contributed by atoms with van der Waals surface area (Å²) in [5.74, 6) is -18.6. The number of carbonyl (C=O) groups excluding carboxylic acids is 15. The zero-order chi connectivity index (χ0) is 83.9. The Kier molecular flexibility index (Phi) is 35.1. The second-order valence-electron chi connectivity index (χ2n) is 29.7. The van der Waals surface area contributed by atoms with Gasteiger partial charge in [-0.25, -0.2) is 4.79 Å². The van der Waals surface area contributed by atoms with Crippen molar-refractivity contribution in [3.63, 3.8) is 0 Å². The Hall–Kier alpha value is -9.68. The number of fused-ring (bicyclic) bond motifs is 8. The summed E-state index contributed by atoms with van der Waals surface area (Å²) in [5, 5.41) is 49.5. The van der Waals surface area contributed by atoms with E-state index in [4.69, 9.17) is 9.47 Å². The van der Waals surface area contributed by atoms with Crippen LogP contribution in [0.3, 0.4) is 0 Å². The molecule has 113 heavy (non-hydrogen) atoms. The van der Waals surface area contributed by atoms with Crippen molar-refractivity contribution in [2.24, 2.45) is 17.8 Å². The van der Waals surface area contributed by atoms with Gasteiger partial charge in [-0.1, -0.05) is 150 Å². The Balaban J connectivity index is 1.61. The summed E-state index contributed by atoms with van der Waals surface area (Å²) in [6, 6.07) is -4.01. The number of nitrogens with one attached hydrogen (secondary N) is 11. The van der Waals surface area contributed by atoms with Gasteiger partial charge >= 0.3 is 11.9 Å². The number of hydrogen-bond acceptors (Lipinski definition) is 21. The number of aliphatic hydroxyl groups excluding tert-OH is 1. The number of nitrogens with zero attached hydrogens (tertiary/aromatic N) is 3. The number of piperazine rings is 1. The van der Waals surface area contributed by atoms with Crippen molar-refractivity contribution in [2.75, 3.05) is 38.8 Å². The molecule has 4 aliphatic heterocycles. The maximum Gasteiger partial charge on any atom is 0.331 e. The normalized spacial score (nSPS) is 29.0. The summed E-state index contributed by atoms with van der Waals surface area (Å²) in [6.07, 6.45) is -3.59. The zero-order valence-corrected chi connectivity index (χ0v) is 68.0. The number of carboxylic acids is 1. The zero-order valence-electron chi connectivity index (χ0n) is 66.4. The van der Waals surface area contributed by atoms with Crippen molar-refractivity contribution in [1.82, 2.24) is 73.2 Å². The lowest BCUT2D eigenvalue weighted by Gasteiger charge is -2.48. The Bertz CT molecular complexity index is 3790. The van der Waals surface area contributed by atoms with Gasteiger partial charge in [0.1, 0.15) is 78.1 Å². The molecule has 4 bridgehead atoms. The average Bonchev–Trinajstić information content (AvgIpc) is 1.42. The van der Waals surface area contributed by atoms with Crippen molar-refractivity contribution in [3.8, 4) is 0 Å². The van der Waals surface area contributed by atoms with E-state index in [2.05, 4.69) is 65.1 Å². The number of carbonyl (C=O) groups is 16. The minimum absolute atomic E-state index is 0.0180. The summed E-state index contributed by atoms with van der Waals surface area (Å²) in [6.45, 7) is 19.8. The van der Waals surface area contributed by atoms with Crippen LogP contribution in [0.4, 0.5) is 0 Å². The average molecular weight is 1620 g/mol. The summed E-state index contributed by atoms with van der Waals surface area (Å²) < 4.78 is 11.6. The van der Waals surface area contributed by atoms with E-state index >= 15 is 38.4 Å². The highest BCUT2D eigenvalue weighted by Crippen LogP contribution is 2.31. The third-order valence-electron chi connectivity index (χ3n) is 21.5. The molecule has 2 aromatic carbocycles. The minimum Gasteiger partial charge on any atom is -0.481 e. The number of esters is 1. The number of hydrogen-bond donors (Lipinski definition) is 13. The monoisotopic (exact) mass is 1620 g/mol. The Morgan fingerprint density at radius 3 is 1.81 bits per heavy atom.